The van der Waals surface area contributed by atoms with Crippen LogP contribution < -0.4 is 11.2 Å². The van der Waals surface area contributed by atoms with Crippen molar-refractivity contribution in [3.8, 4) is 5.88 Å². The Bertz CT molecular complexity index is 1140. The number of alkyl halides is 2. The molecule has 0 bridgehead atoms. The fourth-order valence-corrected chi connectivity index (χ4v) is 2.88. The van der Waals surface area contributed by atoms with E-state index in [0.717, 1.165) is 24.3 Å². The summed E-state index contributed by atoms with van der Waals surface area (Å²) in [7, 11) is 0. The first kappa shape index (κ1) is 20.4. The van der Waals surface area contributed by atoms with Crippen LogP contribution in [-0.2, 0) is 13.1 Å². The summed E-state index contributed by atoms with van der Waals surface area (Å²) in [4.78, 5) is 24.6. The van der Waals surface area contributed by atoms with Gasteiger partial charge in [0, 0.05) is 0 Å². The number of halogens is 4. The summed E-state index contributed by atoms with van der Waals surface area (Å²) in [5.41, 5.74) is -2.30. The Kier molecular flexibility index (Phi) is 5.86. The van der Waals surface area contributed by atoms with Crippen molar-refractivity contribution >= 4 is 0 Å². The number of hydrogen-bond donors (Lipinski definition) is 1. The second-order valence-corrected chi connectivity index (χ2v) is 6.39. The molecule has 0 aliphatic heterocycles. The molecule has 0 aliphatic rings. The molecule has 0 spiro atoms. The topological polar surface area (TPSA) is 64.2 Å². The molecule has 29 heavy (non-hydrogen) atoms. The first-order valence-electron chi connectivity index (χ1n) is 8.59. The molecule has 3 aromatic rings. The molecule has 5 nitrogen and oxygen atoms in total. The fraction of sp³-hybridized carbons (Fsp3) is 0.200. The Hall–Kier alpha value is -3.36. The number of aromatic nitrogens is 2. The summed E-state index contributed by atoms with van der Waals surface area (Å²) >= 11 is 0. The maximum Gasteiger partial charge on any atom is 0.333 e. The molecule has 9 heteroatoms. The molecular formula is C20H16F4N2O3. The lowest BCUT2D eigenvalue weighted by atomic mass is 10.1. The van der Waals surface area contributed by atoms with Crippen LogP contribution >= 0.6 is 0 Å². The lowest BCUT2D eigenvalue weighted by Gasteiger charge is -2.16. The molecule has 1 aromatic heterocycles. The van der Waals surface area contributed by atoms with Gasteiger partial charge >= 0.3 is 5.69 Å². The van der Waals surface area contributed by atoms with Crippen molar-refractivity contribution in [3.05, 3.63) is 98.2 Å². The third-order valence-corrected chi connectivity index (χ3v) is 4.36. The summed E-state index contributed by atoms with van der Waals surface area (Å²) in [6, 6.07) is 9.90. The maximum atomic E-state index is 14.5. The van der Waals surface area contributed by atoms with Crippen molar-refractivity contribution in [1.82, 2.24) is 9.13 Å². The zero-order valence-electron chi connectivity index (χ0n) is 14.9. The average molecular weight is 408 g/mol. The van der Waals surface area contributed by atoms with Gasteiger partial charge in [-0.3, -0.25) is 13.9 Å². The quantitative estimate of drug-likeness (QED) is 0.636. The molecule has 0 saturated heterocycles. The minimum atomic E-state index is -1.89. The molecule has 2 aromatic carbocycles. The van der Waals surface area contributed by atoms with Crippen molar-refractivity contribution in [2.75, 3.05) is 0 Å². The molecule has 0 aliphatic carbocycles. The van der Waals surface area contributed by atoms with E-state index in [2.05, 4.69) is 0 Å². The molecular weight excluding hydrogens is 392 g/mol. The maximum absolute atomic E-state index is 14.5. The van der Waals surface area contributed by atoms with Crippen LogP contribution in [0.15, 0.2) is 64.2 Å². The van der Waals surface area contributed by atoms with Crippen LogP contribution in [-0.4, -0.2) is 14.2 Å². The first-order chi connectivity index (χ1) is 13.8. The van der Waals surface area contributed by atoms with Gasteiger partial charge in [-0.1, -0.05) is 24.3 Å². The van der Waals surface area contributed by atoms with E-state index >= 15 is 0 Å². The summed E-state index contributed by atoms with van der Waals surface area (Å²) in [5.74, 6) is -2.17. The monoisotopic (exact) mass is 408 g/mol. The highest BCUT2D eigenvalue weighted by atomic mass is 19.1. The van der Waals surface area contributed by atoms with E-state index in [1.165, 1.54) is 24.3 Å². The molecule has 0 fully saturated rings. The lowest BCUT2D eigenvalue weighted by molar-refractivity contribution is 0.261. The Morgan fingerprint density at radius 2 is 1.28 bits per heavy atom. The molecule has 3 rings (SSSR count). The largest absolute Gasteiger partial charge is 0.494 e. The van der Waals surface area contributed by atoms with E-state index in [9.17, 15) is 32.3 Å². The highest BCUT2D eigenvalue weighted by Gasteiger charge is 2.20. The number of rotatable bonds is 6. The third kappa shape index (κ3) is 4.56. The smallest absolute Gasteiger partial charge is 0.333 e. The first-order valence-corrected chi connectivity index (χ1v) is 8.59. The summed E-state index contributed by atoms with van der Waals surface area (Å²) in [6.07, 6.45) is -3.76. The van der Waals surface area contributed by atoms with Crippen LogP contribution in [0.1, 0.15) is 23.5 Å². The van der Waals surface area contributed by atoms with Crippen LogP contribution in [0.2, 0.25) is 0 Å². The van der Waals surface area contributed by atoms with Gasteiger partial charge in [0.2, 0.25) is 5.88 Å². The Morgan fingerprint density at radius 1 is 0.793 bits per heavy atom. The van der Waals surface area contributed by atoms with Gasteiger partial charge in [-0.25, -0.2) is 22.4 Å². The van der Waals surface area contributed by atoms with E-state index in [1.54, 1.807) is 0 Å². The average Bonchev–Trinajstić information content (AvgIpc) is 2.68. The van der Waals surface area contributed by atoms with Crippen LogP contribution in [0.3, 0.4) is 0 Å². The minimum Gasteiger partial charge on any atom is -0.494 e. The molecule has 0 radical (unpaired) electrons. The molecule has 2 atom stereocenters. The normalized spacial score (nSPS) is 13.2. The predicted molar refractivity (Wildman–Crippen MR) is 97.1 cm³/mol. The molecule has 1 N–H and O–H groups in total. The fourth-order valence-electron chi connectivity index (χ4n) is 2.88. The van der Waals surface area contributed by atoms with Gasteiger partial charge in [0.15, 0.2) is 0 Å². The van der Waals surface area contributed by atoms with Crippen molar-refractivity contribution in [2.45, 2.75) is 25.4 Å². The van der Waals surface area contributed by atoms with Crippen LogP contribution in [0.5, 0.6) is 5.88 Å². The third-order valence-electron chi connectivity index (χ3n) is 4.36. The Morgan fingerprint density at radius 3 is 1.76 bits per heavy atom. The van der Waals surface area contributed by atoms with Crippen molar-refractivity contribution in [1.29, 1.82) is 0 Å². The van der Waals surface area contributed by atoms with Crippen molar-refractivity contribution in [3.63, 3.8) is 0 Å². The highest BCUT2D eigenvalue weighted by Crippen LogP contribution is 2.22. The number of benzene rings is 2. The van der Waals surface area contributed by atoms with Crippen molar-refractivity contribution < 1.29 is 22.7 Å². The Labute approximate surface area is 162 Å². The van der Waals surface area contributed by atoms with E-state index in [1.807, 2.05) is 0 Å². The summed E-state index contributed by atoms with van der Waals surface area (Å²) < 4.78 is 56.6. The van der Waals surface area contributed by atoms with Gasteiger partial charge < -0.3 is 5.11 Å². The summed E-state index contributed by atoms with van der Waals surface area (Å²) in [6.45, 7) is -1.47. The van der Waals surface area contributed by atoms with Gasteiger partial charge in [-0.2, -0.15) is 0 Å². The zero-order valence-corrected chi connectivity index (χ0v) is 14.9. The van der Waals surface area contributed by atoms with Gasteiger partial charge in [-0.05, 0) is 35.4 Å². The number of hydrogen-bond acceptors (Lipinski definition) is 3. The molecule has 1 heterocycles. The molecule has 0 amide bonds. The Balaban J connectivity index is 1.92. The van der Waals surface area contributed by atoms with Gasteiger partial charge in [0.05, 0.1) is 19.2 Å². The van der Waals surface area contributed by atoms with Gasteiger partial charge in [0.1, 0.15) is 24.0 Å². The second-order valence-electron chi connectivity index (χ2n) is 6.39. The molecule has 0 unspecified atom stereocenters. The SMILES string of the molecule is O=c1cc(O)n(C[C@H](F)c2cccc(F)c2)c(=O)n1C[C@@H](F)c1cccc(F)c1. The van der Waals surface area contributed by atoms with Gasteiger partial charge in [0.25, 0.3) is 5.56 Å². The van der Waals surface area contributed by atoms with Gasteiger partial charge in [-0.15, -0.1) is 0 Å². The standard InChI is InChI=1S/C20H16F4N2O3/c21-14-5-1-3-12(7-14)16(23)10-25-18(27)9-19(28)26(20(25)29)11-17(24)13-4-2-6-15(22)8-13/h1-9,16-17,27H,10-11H2/t16-,17+/m0/s1. The predicted octanol–water partition coefficient (Wildman–Crippen LogP) is 3.42. The van der Waals surface area contributed by atoms with E-state index in [-0.39, 0.29) is 11.1 Å². The lowest BCUT2D eigenvalue weighted by Crippen LogP contribution is -2.40. The van der Waals surface area contributed by atoms with E-state index in [4.69, 9.17) is 0 Å². The van der Waals surface area contributed by atoms with E-state index in [0.29, 0.717) is 15.2 Å². The second kappa shape index (κ2) is 8.34. The number of nitrogens with zero attached hydrogens (tertiary/aromatic N) is 2. The van der Waals surface area contributed by atoms with Crippen LogP contribution in [0.4, 0.5) is 17.6 Å². The van der Waals surface area contributed by atoms with Crippen LogP contribution in [0.25, 0.3) is 0 Å². The van der Waals surface area contributed by atoms with E-state index < -0.39 is 54.2 Å². The van der Waals surface area contributed by atoms with Crippen LogP contribution in [0, 0.1) is 11.6 Å². The van der Waals surface area contributed by atoms with Crippen molar-refractivity contribution in [2.24, 2.45) is 0 Å². The molecule has 0 saturated carbocycles. The molecule has 152 valence electrons. The zero-order chi connectivity index (χ0) is 21.1. The highest BCUT2D eigenvalue weighted by molar-refractivity contribution is 5.20. The minimum absolute atomic E-state index is 0.0721. The number of aromatic hydroxyl groups is 1. The summed E-state index contributed by atoms with van der Waals surface area (Å²) in [5, 5.41) is 9.90.